The highest BCUT2D eigenvalue weighted by atomic mass is 19.1. The highest BCUT2D eigenvalue weighted by molar-refractivity contribution is 6.04. The van der Waals surface area contributed by atoms with Crippen LogP contribution >= 0.6 is 0 Å². The van der Waals surface area contributed by atoms with Crippen LogP contribution in [0.1, 0.15) is 15.9 Å². The van der Waals surface area contributed by atoms with Crippen molar-refractivity contribution in [2.45, 2.75) is 6.92 Å². The van der Waals surface area contributed by atoms with Crippen LogP contribution in [-0.4, -0.2) is 13.0 Å². The summed E-state index contributed by atoms with van der Waals surface area (Å²) in [5.41, 5.74) is 2.17. The molecule has 2 rings (SSSR count). The van der Waals surface area contributed by atoms with Crippen LogP contribution in [0.4, 0.5) is 20.2 Å². The number of aryl methyl sites for hydroxylation is 1. The first kappa shape index (κ1) is 14.0. The van der Waals surface area contributed by atoms with E-state index in [1.54, 1.807) is 25.2 Å². The van der Waals surface area contributed by atoms with E-state index >= 15 is 0 Å². The van der Waals surface area contributed by atoms with Gasteiger partial charge in [0.25, 0.3) is 5.91 Å². The van der Waals surface area contributed by atoms with Gasteiger partial charge in [-0.2, -0.15) is 0 Å². The maximum absolute atomic E-state index is 13.5. The van der Waals surface area contributed by atoms with Crippen LogP contribution in [-0.2, 0) is 0 Å². The van der Waals surface area contributed by atoms with E-state index in [2.05, 4.69) is 10.6 Å². The van der Waals surface area contributed by atoms with Crippen molar-refractivity contribution in [1.82, 2.24) is 0 Å². The van der Waals surface area contributed by atoms with E-state index in [-0.39, 0.29) is 5.69 Å². The summed E-state index contributed by atoms with van der Waals surface area (Å²) in [7, 11) is 1.79. The van der Waals surface area contributed by atoms with Crippen LogP contribution in [0.25, 0.3) is 0 Å². The fourth-order valence-corrected chi connectivity index (χ4v) is 1.87. The normalized spacial score (nSPS) is 10.2. The van der Waals surface area contributed by atoms with Crippen LogP contribution in [0.15, 0.2) is 36.4 Å². The fraction of sp³-hybridized carbons (Fsp3) is 0.133. The molecule has 0 saturated heterocycles. The molecule has 2 aromatic rings. The Kier molecular flexibility index (Phi) is 3.98. The van der Waals surface area contributed by atoms with Crippen LogP contribution in [0.3, 0.4) is 0 Å². The summed E-state index contributed by atoms with van der Waals surface area (Å²) in [5.74, 6) is -1.93. The van der Waals surface area contributed by atoms with Gasteiger partial charge >= 0.3 is 0 Å². The number of carbonyl (C=O) groups excluding carboxylic acids is 1. The van der Waals surface area contributed by atoms with Crippen molar-refractivity contribution in [2.24, 2.45) is 0 Å². The van der Waals surface area contributed by atoms with Gasteiger partial charge in [-0.1, -0.05) is 0 Å². The van der Waals surface area contributed by atoms with Crippen molar-refractivity contribution in [2.75, 3.05) is 17.7 Å². The van der Waals surface area contributed by atoms with Gasteiger partial charge in [-0.25, -0.2) is 8.78 Å². The highest BCUT2D eigenvalue weighted by Gasteiger charge is 2.11. The minimum atomic E-state index is -0.804. The molecule has 0 fully saturated rings. The van der Waals surface area contributed by atoms with Crippen molar-refractivity contribution in [3.05, 3.63) is 59.2 Å². The maximum Gasteiger partial charge on any atom is 0.255 e. The Balaban J connectivity index is 2.21. The Bertz CT molecular complexity index is 656. The standard InChI is InChI=1S/C15H14F2N2O/c1-9-7-10(3-5-13(9)18-2)15(20)19-14-6-4-11(16)8-12(14)17/h3-8,18H,1-2H3,(H,19,20). The number of rotatable bonds is 3. The average molecular weight is 276 g/mol. The second-order valence-corrected chi connectivity index (χ2v) is 4.36. The molecule has 0 spiro atoms. The number of halogens is 2. The Morgan fingerprint density at radius 3 is 2.35 bits per heavy atom. The molecule has 0 aromatic heterocycles. The van der Waals surface area contributed by atoms with E-state index in [9.17, 15) is 13.6 Å². The first-order valence-corrected chi connectivity index (χ1v) is 6.06. The molecule has 20 heavy (non-hydrogen) atoms. The smallest absolute Gasteiger partial charge is 0.255 e. The van der Waals surface area contributed by atoms with Crippen molar-refractivity contribution < 1.29 is 13.6 Å². The lowest BCUT2D eigenvalue weighted by Gasteiger charge is -2.09. The molecule has 0 aliphatic heterocycles. The molecule has 104 valence electrons. The molecular formula is C15H14F2N2O. The van der Waals surface area contributed by atoms with Gasteiger partial charge in [0.05, 0.1) is 5.69 Å². The van der Waals surface area contributed by atoms with Gasteiger partial charge in [-0.3, -0.25) is 4.79 Å². The molecule has 3 nitrogen and oxygen atoms in total. The summed E-state index contributed by atoms with van der Waals surface area (Å²) in [4.78, 5) is 12.0. The molecule has 0 saturated carbocycles. The van der Waals surface area contributed by atoms with Crippen LogP contribution in [0, 0.1) is 18.6 Å². The third-order valence-electron chi connectivity index (χ3n) is 2.94. The predicted molar refractivity (Wildman–Crippen MR) is 75.0 cm³/mol. The minimum Gasteiger partial charge on any atom is -0.388 e. The van der Waals surface area contributed by atoms with Crippen molar-refractivity contribution in [3.63, 3.8) is 0 Å². The van der Waals surface area contributed by atoms with Gasteiger partial charge in [-0.15, -0.1) is 0 Å². The van der Waals surface area contributed by atoms with Gasteiger partial charge in [-0.05, 0) is 42.8 Å². The summed E-state index contributed by atoms with van der Waals surface area (Å²) >= 11 is 0. The number of hydrogen-bond acceptors (Lipinski definition) is 2. The molecular weight excluding hydrogens is 262 g/mol. The molecule has 0 unspecified atom stereocenters. The second-order valence-electron chi connectivity index (χ2n) is 4.36. The highest BCUT2D eigenvalue weighted by Crippen LogP contribution is 2.19. The molecule has 0 atom stereocenters. The maximum atomic E-state index is 13.5. The summed E-state index contributed by atoms with van der Waals surface area (Å²) in [6.45, 7) is 1.86. The second kappa shape index (κ2) is 5.69. The monoisotopic (exact) mass is 276 g/mol. The molecule has 0 heterocycles. The van der Waals surface area contributed by atoms with Gasteiger partial charge in [0.2, 0.25) is 0 Å². The summed E-state index contributed by atoms with van der Waals surface area (Å²) < 4.78 is 26.2. The molecule has 0 aliphatic rings. The number of anilines is 2. The molecule has 0 radical (unpaired) electrons. The third-order valence-corrected chi connectivity index (χ3v) is 2.94. The molecule has 2 N–H and O–H groups in total. The van der Waals surface area contributed by atoms with Crippen LogP contribution < -0.4 is 10.6 Å². The lowest BCUT2D eigenvalue weighted by molar-refractivity contribution is 0.102. The lowest BCUT2D eigenvalue weighted by Crippen LogP contribution is -2.13. The number of nitrogens with one attached hydrogen (secondary N) is 2. The largest absolute Gasteiger partial charge is 0.388 e. The Morgan fingerprint density at radius 2 is 1.75 bits per heavy atom. The van der Waals surface area contributed by atoms with E-state index in [0.29, 0.717) is 5.56 Å². The first-order valence-electron chi connectivity index (χ1n) is 6.06. The Hall–Kier alpha value is -2.43. The Morgan fingerprint density at radius 1 is 1.05 bits per heavy atom. The fourth-order valence-electron chi connectivity index (χ4n) is 1.87. The number of amides is 1. The van der Waals surface area contributed by atoms with Gasteiger partial charge < -0.3 is 10.6 Å². The SMILES string of the molecule is CNc1ccc(C(=O)Nc2ccc(F)cc2F)cc1C. The van der Waals surface area contributed by atoms with E-state index in [0.717, 1.165) is 23.4 Å². The quantitative estimate of drug-likeness (QED) is 0.899. The van der Waals surface area contributed by atoms with Gasteiger partial charge in [0.15, 0.2) is 0 Å². The molecule has 1 amide bonds. The topological polar surface area (TPSA) is 41.1 Å². The average Bonchev–Trinajstić information content (AvgIpc) is 2.41. The van der Waals surface area contributed by atoms with Crippen molar-refractivity contribution in [1.29, 1.82) is 0 Å². The van der Waals surface area contributed by atoms with E-state index in [1.807, 2.05) is 6.92 Å². The van der Waals surface area contributed by atoms with Gasteiger partial charge in [0.1, 0.15) is 11.6 Å². The zero-order valence-electron chi connectivity index (χ0n) is 11.1. The summed E-state index contributed by atoms with van der Waals surface area (Å²) in [6, 6.07) is 8.11. The molecule has 0 bridgehead atoms. The first-order chi connectivity index (χ1) is 9.51. The predicted octanol–water partition coefficient (Wildman–Crippen LogP) is 3.57. The number of benzene rings is 2. The summed E-state index contributed by atoms with van der Waals surface area (Å²) in [5, 5.41) is 5.41. The molecule has 2 aromatic carbocycles. The van der Waals surface area contributed by atoms with Crippen LogP contribution in [0.5, 0.6) is 0 Å². The molecule has 5 heteroatoms. The van der Waals surface area contributed by atoms with E-state index in [4.69, 9.17) is 0 Å². The zero-order chi connectivity index (χ0) is 14.7. The summed E-state index contributed by atoms with van der Waals surface area (Å²) in [6.07, 6.45) is 0. The number of carbonyl (C=O) groups is 1. The van der Waals surface area contributed by atoms with Crippen molar-refractivity contribution >= 4 is 17.3 Å². The van der Waals surface area contributed by atoms with Crippen LogP contribution in [0.2, 0.25) is 0 Å². The molecule has 0 aliphatic carbocycles. The van der Waals surface area contributed by atoms with Gasteiger partial charge in [0, 0.05) is 24.4 Å². The lowest BCUT2D eigenvalue weighted by atomic mass is 10.1. The van der Waals surface area contributed by atoms with E-state index < -0.39 is 17.5 Å². The van der Waals surface area contributed by atoms with Crippen molar-refractivity contribution in [3.8, 4) is 0 Å². The zero-order valence-corrected chi connectivity index (χ0v) is 11.1. The Labute approximate surface area is 115 Å². The number of hydrogen-bond donors (Lipinski definition) is 2. The third kappa shape index (κ3) is 2.93. The van der Waals surface area contributed by atoms with E-state index in [1.165, 1.54) is 6.07 Å². The minimum absolute atomic E-state index is 0.0493.